The maximum atomic E-state index is 12.0. The molecule has 0 aromatic heterocycles. The minimum Gasteiger partial charge on any atom is -0.326 e. The summed E-state index contributed by atoms with van der Waals surface area (Å²) in [6.07, 6.45) is 0.281. The number of carbonyl (C=O) groups is 2. The summed E-state index contributed by atoms with van der Waals surface area (Å²) >= 11 is 11.7. The molecule has 132 valence electrons. The average Bonchev–Trinajstić information content (AvgIpc) is 2.55. The number of likely N-dealkylation sites (N-methyl/N-ethyl adjacent to an activating group) is 1. The molecule has 0 aliphatic carbocycles. The summed E-state index contributed by atoms with van der Waals surface area (Å²) in [5.74, 6) is -0.285. The molecule has 0 saturated heterocycles. The quantitative estimate of drug-likeness (QED) is 0.766. The first-order valence-corrected chi connectivity index (χ1v) is 8.47. The molecule has 25 heavy (non-hydrogen) atoms. The normalized spacial score (nSPS) is 10.6. The van der Waals surface area contributed by atoms with E-state index in [1.165, 1.54) is 0 Å². The third kappa shape index (κ3) is 7.13. The van der Waals surface area contributed by atoms with Crippen molar-refractivity contribution in [3.05, 3.63) is 58.6 Å². The highest BCUT2D eigenvalue weighted by atomic mass is 35.5. The van der Waals surface area contributed by atoms with Gasteiger partial charge < -0.3 is 10.6 Å². The van der Waals surface area contributed by atoms with E-state index in [0.717, 1.165) is 0 Å². The lowest BCUT2D eigenvalue weighted by molar-refractivity contribution is -0.119. The molecule has 0 spiro atoms. The van der Waals surface area contributed by atoms with E-state index in [-0.39, 0.29) is 24.8 Å². The lowest BCUT2D eigenvalue weighted by Gasteiger charge is -2.16. The molecule has 2 aromatic carbocycles. The van der Waals surface area contributed by atoms with Crippen molar-refractivity contribution < 1.29 is 9.59 Å². The summed E-state index contributed by atoms with van der Waals surface area (Å²) < 4.78 is 0. The van der Waals surface area contributed by atoms with E-state index in [9.17, 15) is 9.59 Å². The van der Waals surface area contributed by atoms with E-state index in [1.807, 2.05) is 0 Å². The third-order valence-corrected chi connectivity index (χ3v) is 3.86. The van der Waals surface area contributed by atoms with Crippen LogP contribution in [0.1, 0.15) is 6.42 Å². The van der Waals surface area contributed by atoms with Gasteiger partial charge in [0.25, 0.3) is 0 Å². The Hall–Kier alpha value is -2.08. The highest BCUT2D eigenvalue weighted by molar-refractivity contribution is 6.31. The Bertz CT molecular complexity index is 735. The Balaban J connectivity index is 1.72. The maximum Gasteiger partial charge on any atom is 0.238 e. The first kappa shape index (κ1) is 19.2. The second-order valence-corrected chi connectivity index (χ2v) is 6.47. The summed E-state index contributed by atoms with van der Waals surface area (Å²) in [4.78, 5) is 25.7. The van der Waals surface area contributed by atoms with Gasteiger partial charge in [-0.15, -0.1) is 0 Å². The van der Waals surface area contributed by atoms with Gasteiger partial charge in [-0.3, -0.25) is 14.5 Å². The van der Waals surface area contributed by atoms with E-state index < -0.39 is 0 Å². The van der Waals surface area contributed by atoms with Crippen molar-refractivity contribution in [3.63, 3.8) is 0 Å². The zero-order valence-electron chi connectivity index (χ0n) is 13.8. The van der Waals surface area contributed by atoms with Gasteiger partial charge in [-0.2, -0.15) is 0 Å². The fraction of sp³-hybridized carbons (Fsp3) is 0.222. The van der Waals surface area contributed by atoms with Gasteiger partial charge in [0.2, 0.25) is 11.8 Å². The Morgan fingerprint density at radius 2 is 1.60 bits per heavy atom. The van der Waals surface area contributed by atoms with Crippen molar-refractivity contribution in [1.29, 1.82) is 0 Å². The predicted octanol–water partition coefficient (Wildman–Crippen LogP) is 3.89. The number of nitrogens with one attached hydrogen (secondary N) is 2. The standard InChI is InChI=1S/C18H19Cl2N3O2/c1-23(12-18(25)22-16-4-2-3-14(20)11-16)10-9-17(24)21-15-7-5-13(19)6-8-15/h2-8,11H,9-10,12H2,1H3,(H,21,24)(H,22,25). The zero-order chi connectivity index (χ0) is 18.2. The molecule has 0 aliphatic rings. The lowest BCUT2D eigenvalue weighted by atomic mass is 10.3. The van der Waals surface area contributed by atoms with E-state index >= 15 is 0 Å². The maximum absolute atomic E-state index is 12.0. The Labute approximate surface area is 156 Å². The van der Waals surface area contributed by atoms with Gasteiger partial charge in [0.15, 0.2) is 0 Å². The number of carbonyl (C=O) groups excluding carboxylic acids is 2. The molecular formula is C18H19Cl2N3O2. The van der Waals surface area contributed by atoms with Crippen LogP contribution in [0.2, 0.25) is 10.0 Å². The molecular weight excluding hydrogens is 361 g/mol. The third-order valence-electron chi connectivity index (χ3n) is 3.37. The summed E-state index contributed by atoms with van der Waals surface area (Å²) in [5.41, 5.74) is 1.34. The van der Waals surface area contributed by atoms with Crippen LogP contribution in [0.15, 0.2) is 48.5 Å². The topological polar surface area (TPSA) is 61.4 Å². The Morgan fingerprint density at radius 3 is 2.28 bits per heavy atom. The van der Waals surface area contributed by atoms with Crippen LogP contribution in [0.25, 0.3) is 0 Å². The number of anilines is 2. The number of halogens is 2. The van der Waals surface area contributed by atoms with E-state index in [2.05, 4.69) is 10.6 Å². The number of hydrogen-bond donors (Lipinski definition) is 2. The summed E-state index contributed by atoms with van der Waals surface area (Å²) in [6.45, 7) is 0.642. The lowest BCUT2D eigenvalue weighted by Crippen LogP contribution is -2.32. The summed E-state index contributed by atoms with van der Waals surface area (Å²) in [7, 11) is 1.78. The number of benzene rings is 2. The summed E-state index contributed by atoms with van der Waals surface area (Å²) in [6, 6.07) is 13.9. The molecule has 0 radical (unpaired) electrons. The summed E-state index contributed by atoms with van der Waals surface area (Å²) in [5, 5.41) is 6.73. The molecule has 0 heterocycles. The Kier molecular flexibility index (Phi) is 7.25. The Morgan fingerprint density at radius 1 is 0.920 bits per heavy atom. The fourth-order valence-corrected chi connectivity index (χ4v) is 2.46. The van der Waals surface area contributed by atoms with Crippen LogP contribution >= 0.6 is 23.2 Å². The largest absolute Gasteiger partial charge is 0.326 e. The molecule has 0 unspecified atom stereocenters. The minimum absolute atomic E-state index is 0.121. The van der Waals surface area contributed by atoms with Crippen LogP contribution in [-0.4, -0.2) is 36.9 Å². The number of rotatable bonds is 7. The van der Waals surface area contributed by atoms with Crippen LogP contribution < -0.4 is 10.6 Å². The molecule has 2 aromatic rings. The fourth-order valence-electron chi connectivity index (χ4n) is 2.14. The molecule has 0 saturated carbocycles. The molecule has 7 heteroatoms. The second kappa shape index (κ2) is 9.42. The smallest absolute Gasteiger partial charge is 0.238 e. The van der Waals surface area contributed by atoms with Crippen molar-refractivity contribution in [2.75, 3.05) is 30.8 Å². The van der Waals surface area contributed by atoms with Crippen molar-refractivity contribution >= 4 is 46.4 Å². The molecule has 0 bridgehead atoms. The number of amides is 2. The molecule has 0 fully saturated rings. The van der Waals surface area contributed by atoms with Crippen LogP contribution in [-0.2, 0) is 9.59 Å². The predicted molar refractivity (Wildman–Crippen MR) is 102 cm³/mol. The minimum atomic E-state index is -0.164. The molecule has 2 N–H and O–H groups in total. The van der Waals surface area contributed by atoms with Crippen LogP contribution in [0.5, 0.6) is 0 Å². The van der Waals surface area contributed by atoms with E-state index in [4.69, 9.17) is 23.2 Å². The van der Waals surface area contributed by atoms with Gasteiger partial charge in [-0.25, -0.2) is 0 Å². The average molecular weight is 380 g/mol. The van der Waals surface area contributed by atoms with Gasteiger partial charge in [-0.05, 0) is 49.5 Å². The van der Waals surface area contributed by atoms with Gasteiger partial charge >= 0.3 is 0 Å². The monoisotopic (exact) mass is 379 g/mol. The first-order chi connectivity index (χ1) is 11.9. The molecule has 0 atom stereocenters. The van der Waals surface area contributed by atoms with E-state index in [1.54, 1.807) is 60.5 Å². The van der Waals surface area contributed by atoms with Crippen molar-refractivity contribution in [2.45, 2.75) is 6.42 Å². The highest BCUT2D eigenvalue weighted by Gasteiger charge is 2.09. The molecule has 5 nitrogen and oxygen atoms in total. The number of nitrogens with zero attached hydrogens (tertiary/aromatic N) is 1. The van der Waals surface area contributed by atoms with Crippen LogP contribution in [0, 0.1) is 0 Å². The molecule has 0 aliphatic heterocycles. The molecule has 2 amide bonds. The van der Waals surface area contributed by atoms with Gasteiger partial charge in [0.1, 0.15) is 0 Å². The SMILES string of the molecule is CN(CCC(=O)Nc1ccc(Cl)cc1)CC(=O)Nc1cccc(Cl)c1. The first-order valence-electron chi connectivity index (χ1n) is 7.72. The van der Waals surface area contributed by atoms with Crippen molar-refractivity contribution in [1.82, 2.24) is 4.90 Å². The van der Waals surface area contributed by atoms with E-state index in [0.29, 0.717) is 28.0 Å². The second-order valence-electron chi connectivity index (χ2n) is 5.60. The molecule has 2 rings (SSSR count). The van der Waals surface area contributed by atoms with Crippen molar-refractivity contribution in [2.24, 2.45) is 0 Å². The van der Waals surface area contributed by atoms with Gasteiger partial charge in [0, 0.05) is 34.4 Å². The van der Waals surface area contributed by atoms with Crippen LogP contribution in [0.3, 0.4) is 0 Å². The van der Waals surface area contributed by atoms with Gasteiger partial charge in [-0.1, -0.05) is 29.3 Å². The van der Waals surface area contributed by atoms with Crippen molar-refractivity contribution in [3.8, 4) is 0 Å². The highest BCUT2D eigenvalue weighted by Crippen LogP contribution is 2.15. The number of hydrogen-bond acceptors (Lipinski definition) is 3. The van der Waals surface area contributed by atoms with Crippen LogP contribution in [0.4, 0.5) is 11.4 Å². The zero-order valence-corrected chi connectivity index (χ0v) is 15.3. The van der Waals surface area contributed by atoms with Gasteiger partial charge in [0.05, 0.1) is 6.54 Å².